The molecule has 0 spiro atoms. The van der Waals surface area contributed by atoms with E-state index in [9.17, 15) is 4.79 Å². The molecule has 0 bridgehead atoms. The third-order valence-electron chi connectivity index (χ3n) is 3.54. The molecule has 1 N–H and O–H groups in total. The van der Waals surface area contributed by atoms with Crippen LogP contribution >= 0.6 is 11.3 Å². The van der Waals surface area contributed by atoms with Crippen LogP contribution in [0.2, 0.25) is 0 Å². The van der Waals surface area contributed by atoms with E-state index >= 15 is 0 Å². The molecule has 1 aromatic rings. The van der Waals surface area contributed by atoms with Gasteiger partial charge in [-0.25, -0.2) is 0 Å². The topological polar surface area (TPSA) is 32.3 Å². The number of amides is 1. The maximum atomic E-state index is 11.7. The van der Waals surface area contributed by atoms with E-state index in [0.717, 1.165) is 13.0 Å². The molecule has 0 radical (unpaired) electrons. The summed E-state index contributed by atoms with van der Waals surface area (Å²) < 4.78 is 0. The summed E-state index contributed by atoms with van der Waals surface area (Å²) in [6, 6.07) is 4.59. The monoisotopic (exact) mass is 266 g/mol. The molecule has 0 saturated carbocycles. The molecule has 100 valence electrons. The highest BCUT2D eigenvalue weighted by molar-refractivity contribution is 7.09. The zero-order valence-electron chi connectivity index (χ0n) is 11.0. The van der Waals surface area contributed by atoms with Crippen LogP contribution in [0.4, 0.5) is 0 Å². The molecule has 0 aliphatic carbocycles. The zero-order valence-corrected chi connectivity index (χ0v) is 11.8. The standard InChI is InChI=1S/C14H22N2OS/c1-12(16-8-2-3-9-16)11-15-14(17)7-6-13-5-4-10-18-13/h4-5,10,12H,2-3,6-9,11H2,1H3,(H,15,17)/t12-/m0/s1. The second-order valence-corrected chi connectivity index (χ2v) is 6.01. The van der Waals surface area contributed by atoms with Gasteiger partial charge >= 0.3 is 0 Å². The Morgan fingerprint density at radius 1 is 1.50 bits per heavy atom. The largest absolute Gasteiger partial charge is 0.355 e. The minimum absolute atomic E-state index is 0.175. The number of nitrogens with zero attached hydrogens (tertiary/aromatic N) is 1. The van der Waals surface area contributed by atoms with Crippen molar-refractivity contribution in [2.24, 2.45) is 0 Å². The Morgan fingerprint density at radius 3 is 2.94 bits per heavy atom. The smallest absolute Gasteiger partial charge is 0.220 e. The molecule has 0 aromatic carbocycles. The predicted octanol–water partition coefficient (Wildman–Crippen LogP) is 2.28. The molecule has 0 unspecified atom stereocenters. The molecule has 18 heavy (non-hydrogen) atoms. The third kappa shape index (κ3) is 4.10. The van der Waals surface area contributed by atoms with Crippen LogP contribution in [0.3, 0.4) is 0 Å². The Labute approximate surface area is 113 Å². The van der Waals surface area contributed by atoms with Crippen molar-refractivity contribution in [2.75, 3.05) is 19.6 Å². The minimum Gasteiger partial charge on any atom is -0.355 e. The van der Waals surface area contributed by atoms with E-state index in [4.69, 9.17) is 0 Å². The van der Waals surface area contributed by atoms with Crippen LogP contribution in [0.5, 0.6) is 0 Å². The highest BCUT2D eigenvalue weighted by Gasteiger charge is 2.18. The first kappa shape index (κ1) is 13.6. The molecular weight excluding hydrogens is 244 g/mol. The fourth-order valence-corrected chi connectivity index (χ4v) is 3.06. The maximum Gasteiger partial charge on any atom is 0.220 e. The Balaban J connectivity index is 1.62. The average molecular weight is 266 g/mol. The Morgan fingerprint density at radius 2 is 2.28 bits per heavy atom. The first-order valence-corrected chi connectivity index (χ1v) is 7.67. The molecule has 3 nitrogen and oxygen atoms in total. The molecule has 2 rings (SSSR count). The molecule has 1 aromatic heterocycles. The second-order valence-electron chi connectivity index (χ2n) is 4.98. The third-order valence-corrected chi connectivity index (χ3v) is 4.47. The summed E-state index contributed by atoms with van der Waals surface area (Å²) in [5, 5.41) is 5.10. The van der Waals surface area contributed by atoms with Gasteiger partial charge in [0.05, 0.1) is 0 Å². The average Bonchev–Trinajstić information content (AvgIpc) is 3.05. The van der Waals surface area contributed by atoms with Crippen molar-refractivity contribution < 1.29 is 4.79 Å². The van der Waals surface area contributed by atoms with Crippen molar-refractivity contribution in [1.82, 2.24) is 10.2 Å². The summed E-state index contributed by atoms with van der Waals surface area (Å²) >= 11 is 1.72. The number of nitrogens with one attached hydrogen (secondary N) is 1. The number of thiophene rings is 1. The summed E-state index contributed by atoms with van der Waals surface area (Å²) in [6.45, 7) is 5.35. The number of likely N-dealkylation sites (tertiary alicyclic amines) is 1. The maximum absolute atomic E-state index is 11.7. The number of carbonyl (C=O) groups is 1. The first-order chi connectivity index (χ1) is 8.75. The van der Waals surface area contributed by atoms with Crippen molar-refractivity contribution in [1.29, 1.82) is 0 Å². The highest BCUT2D eigenvalue weighted by Crippen LogP contribution is 2.12. The predicted molar refractivity (Wildman–Crippen MR) is 75.9 cm³/mol. The van der Waals surface area contributed by atoms with Crippen molar-refractivity contribution in [3.63, 3.8) is 0 Å². The van der Waals surface area contributed by atoms with Crippen molar-refractivity contribution in [3.05, 3.63) is 22.4 Å². The summed E-state index contributed by atoms with van der Waals surface area (Å²) in [7, 11) is 0. The number of aryl methyl sites for hydroxylation is 1. The normalized spacial score (nSPS) is 17.8. The van der Waals surface area contributed by atoms with E-state index in [-0.39, 0.29) is 5.91 Å². The van der Waals surface area contributed by atoms with Gasteiger partial charge in [-0.05, 0) is 50.7 Å². The minimum atomic E-state index is 0.175. The van der Waals surface area contributed by atoms with Crippen molar-refractivity contribution in [2.45, 2.75) is 38.6 Å². The zero-order chi connectivity index (χ0) is 12.8. The molecule has 1 amide bonds. The highest BCUT2D eigenvalue weighted by atomic mass is 32.1. The lowest BCUT2D eigenvalue weighted by atomic mass is 10.2. The summed E-state index contributed by atoms with van der Waals surface area (Å²) in [5.74, 6) is 0.175. The first-order valence-electron chi connectivity index (χ1n) is 6.79. The van der Waals surface area contributed by atoms with E-state index < -0.39 is 0 Å². The Bertz CT molecular complexity index is 358. The van der Waals surface area contributed by atoms with Gasteiger partial charge < -0.3 is 5.32 Å². The second kappa shape index (κ2) is 6.90. The van der Waals surface area contributed by atoms with Crippen molar-refractivity contribution >= 4 is 17.2 Å². The summed E-state index contributed by atoms with van der Waals surface area (Å²) in [4.78, 5) is 15.5. The van der Waals surface area contributed by atoms with Gasteiger partial charge in [-0.3, -0.25) is 9.69 Å². The van der Waals surface area contributed by atoms with E-state index in [0.29, 0.717) is 12.5 Å². The molecule has 4 heteroatoms. The molecule has 1 atom stereocenters. The Kier molecular flexibility index (Phi) is 5.20. The molecule has 1 aliphatic rings. The Hall–Kier alpha value is -0.870. The molecule has 1 fully saturated rings. The summed E-state index contributed by atoms with van der Waals surface area (Å²) in [5.41, 5.74) is 0. The van der Waals surface area contributed by atoms with E-state index in [1.807, 2.05) is 6.07 Å². The van der Waals surface area contributed by atoms with Crippen LogP contribution in [0.1, 0.15) is 31.1 Å². The molecule has 1 saturated heterocycles. The van der Waals surface area contributed by atoms with Gasteiger partial charge in [0.2, 0.25) is 5.91 Å². The van der Waals surface area contributed by atoms with Crippen LogP contribution in [0, 0.1) is 0 Å². The fourth-order valence-electron chi connectivity index (χ4n) is 2.35. The quantitative estimate of drug-likeness (QED) is 0.857. The molecule has 1 aliphatic heterocycles. The lowest BCUT2D eigenvalue weighted by Crippen LogP contribution is -2.40. The van der Waals surface area contributed by atoms with Gasteiger partial charge in [0, 0.05) is 23.9 Å². The SMILES string of the molecule is C[C@@H](CNC(=O)CCc1cccs1)N1CCCC1. The molecular formula is C14H22N2OS. The van der Waals surface area contributed by atoms with Crippen LogP contribution < -0.4 is 5.32 Å². The van der Waals surface area contributed by atoms with Gasteiger partial charge in [0.15, 0.2) is 0 Å². The number of rotatable bonds is 6. The van der Waals surface area contributed by atoms with Gasteiger partial charge in [-0.15, -0.1) is 11.3 Å². The lowest BCUT2D eigenvalue weighted by Gasteiger charge is -2.23. The van der Waals surface area contributed by atoms with Crippen LogP contribution in [0.15, 0.2) is 17.5 Å². The van der Waals surface area contributed by atoms with Gasteiger partial charge in [-0.1, -0.05) is 6.07 Å². The molecule has 2 heterocycles. The van der Waals surface area contributed by atoms with Crippen LogP contribution in [0.25, 0.3) is 0 Å². The van der Waals surface area contributed by atoms with Crippen molar-refractivity contribution in [3.8, 4) is 0 Å². The van der Waals surface area contributed by atoms with Crippen LogP contribution in [-0.4, -0.2) is 36.5 Å². The van der Waals surface area contributed by atoms with E-state index in [1.165, 1.54) is 30.8 Å². The lowest BCUT2D eigenvalue weighted by molar-refractivity contribution is -0.121. The van der Waals surface area contributed by atoms with Gasteiger partial charge in [0.25, 0.3) is 0 Å². The van der Waals surface area contributed by atoms with Gasteiger partial charge in [-0.2, -0.15) is 0 Å². The number of hydrogen-bond acceptors (Lipinski definition) is 3. The summed E-state index contributed by atoms with van der Waals surface area (Å²) in [6.07, 6.45) is 4.07. The van der Waals surface area contributed by atoms with E-state index in [2.05, 4.69) is 28.6 Å². The fraction of sp³-hybridized carbons (Fsp3) is 0.643. The number of carbonyl (C=O) groups excluding carboxylic acids is 1. The number of hydrogen-bond donors (Lipinski definition) is 1. The van der Waals surface area contributed by atoms with Crippen LogP contribution in [-0.2, 0) is 11.2 Å². The van der Waals surface area contributed by atoms with E-state index in [1.54, 1.807) is 11.3 Å². The van der Waals surface area contributed by atoms with Gasteiger partial charge in [0.1, 0.15) is 0 Å².